The molecule has 1 amide bonds. The van der Waals surface area contributed by atoms with Crippen molar-refractivity contribution in [1.29, 1.82) is 0 Å². The number of amides is 1. The van der Waals surface area contributed by atoms with Crippen LogP contribution in [0.25, 0.3) is 22.6 Å². The van der Waals surface area contributed by atoms with Gasteiger partial charge in [0.1, 0.15) is 5.82 Å². The number of rotatable bonds is 5. The molecule has 10 heteroatoms. The molecule has 3 aromatic heterocycles. The highest BCUT2D eigenvalue weighted by Gasteiger charge is 2.27. The van der Waals surface area contributed by atoms with Crippen LogP contribution >= 0.6 is 0 Å². The molecule has 0 atom stereocenters. The van der Waals surface area contributed by atoms with Gasteiger partial charge in [0.05, 0.1) is 11.4 Å². The molecule has 0 spiro atoms. The summed E-state index contributed by atoms with van der Waals surface area (Å²) in [5, 5.41) is 23.8. The van der Waals surface area contributed by atoms with E-state index in [0.717, 1.165) is 48.7 Å². The maximum absolute atomic E-state index is 13.3. The van der Waals surface area contributed by atoms with Gasteiger partial charge in [-0.3, -0.25) is 4.79 Å². The van der Waals surface area contributed by atoms with Crippen molar-refractivity contribution in [3.8, 4) is 16.9 Å². The number of aromatic nitrogens is 7. The fourth-order valence-electron chi connectivity index (χ4n) is 4.51. The van der Waals surface area contributed by atoms with Gasteiger partial charge in [0.25, 0.3) is 0 Å². The van der Waals surface area contributed by atoms with Crippen molar-refractivity contribution in [3.63, 3.8) is 0 Å². The minimum absolute atomic E-state index is 0.00562. The van der Waals surface area contributed by atoms with E-state index in [9.17, 15) is 4.79 Å². The minimum atomic E-state index is -0.0973. The molecule has 1 aliphatic rings. The summed E-state index contributed by atoms with van der Waals surface area (Å²) in [6.07, 6.45) is 1.46. The molecule has 0 radical (unpaired) electrons. The summed E-state index contributed by atoms with van der Waals surface area (Å²) in [5.74, 6) is 1.37. The lowest BCUT2D eigenvalue weighted by Crippen LogP contribution is -2.39. The third kappa shape index (κ3) is 4.28. The van der Waals surface area contributed by atoms with Crippen molar-refractivity contribution < 1.29 is 4.79 Å². The monoisotopic (exact) mass is 479 g/mol. The SMILES string of the molecule is Cc1ccc(-c2cc(NC(=O)C3CCN(c4ccc5nnnn5n4)CC3)n(-c3ccccc3)n2)cc1. The Labute approximate surface area is 207 Å². The van der Waals surface area contributed by atoms with Gasteiger partial charge in [0.15, 0.2) is 11.5 Å². The maximum atomic E-state index is 13.3. The van der Waals surface area contributed by atoms with E-state index in [4.69, 9.17) is 5.10 Å². The number of tetrazole rings is 1. The first-order valence-electron chi connectivity index (χ1n) is 12.0. The number of piperidine rings is 1. The van der Waals surface area contributed by atoms with Crippen molar-refractivity contribution in [3.05, 3.63) is 78.4 Å². The molecule has 0 bridgehead atoms. The third-order valence-corrected chi connectivity index (χ3v) is 6.55. The Bertz CT molecular complexity index is 1500. The predicted molar refractivity (Wildman–Crippen MR) is 136 cm³/mol. The number of anilines is 2. The summed E-state index contributed by atoms with van der Waals surface area (Å²) in [7, 11) is 0. The summed E-state index contributed by atoms with van der Waals surface area (Å²) in [4.78, 5) is 15.5. The Morgan fingerprint density at radius 1 is 0.944 bits per heavy atom. The van der Waals surface area contributed by atoms with Gasteiger partial charge in [-0.25, -0.2) is 4.68 Å². The molecule has 1 aliphatic heterocycles. The second-order valence-corrected chi connectivity index (χ2v) is 9.00. The number of carbonyl (C=O) groups excluding carboxylic acids is 1. The minimum Gasteiger partial charge on any atom is -0.355 e. The lowest BCUT2D eigenvalue weighted by molar-refractivity contribution is -0.120. The molecule has 0 saturated carbocycles. The maximum Gasteiger partial charge on any atom is 0.228 e. The number of fused-ring (bicyclic) bond motifs is 1. The average Bonchev–Trinajstić information content (AvgIpc) is 3.56. The molecule has 2 aromatic carbocycles. The highest BCUT2D eigenvalue weighted by Crippen LogP contribution is 2.27. The molecule has 0 aliphatic carbocycles. The summed E-state index contributed by atoms with van der Waals surface area (Å²) in [6, 6.07) is 23.8. The number of hydrogen-bond acceptors (Lipinski definition) is 7. The zero-order chi connectivity index (χ0) is 24.5. The Balaban J connectivity index is 1.19. The van der Waals surface area contributed by atoms with E-state index in [2.05, 4.69) is 62.0 Å². The number of aryl methyl sites for hydroxylation is 1. The average molecular weight is 480 g/mol. The van der Waals surface area contributed by atoms with Gasteiger partial charge < -0.3 is 10.2 Å². The fourth-order valence-corrected chi connectivity index (χ4v) is 4.51. The van der Waals surface area contributed by atoms with Crippen LogP contribution in [-0.4, -0.2) is 54.0 Å². The van der Waals surface area contributed by atoms with Crippen molar-refractivity contribution >= 4 is 23.2 Å². The highest BCUT2D eigenvalue weighted by molar-refractivity contribution is 5.92. The number of benzene rings is 2. The summed E-state index contributed by atoms with van der Waals surface area (Å²) in [5.41, 5.74) is 4.51. The van der Waals surface area contributed by atoms with E-state index >= 15 is 0 Å². The summed E-state index contributed by atoms with van der Waals surface area (Å²) >= 11 is 0. The smallest absolute Gasteiger partial charge is 0.228 e. The van der Waals surface area contributed by atoms with E-state index in [1.54, 1.807) is 4.68 Å². The van der Waals surface area contributed by atoms with Crippen molar-refractivity contribution in [1.82, 2.24) is 35.0 Å². The number of carbonyl (C=O) groups is 1. The van der Waals surface area contributed by atoms with Crippen LogP contribution in [0, 0.1) is 12.8 Å². The molecule has 1 N–H and O–H groups in total. The lowest BCUT2D eigenvalue weighted by atomic mass is 9.96. The van der Waals surface area contributed by atoms with Crippen LogP contribution in [0.3, 0.4) is 0 Å². The second-order valence-electron chi connectivity index (χ2n) is 9.00. The Morgan fingerprint density at radius 3 is 2.50 bits per heavy atom. The van der Waals surface area contributed by atoms with Crippen LogP contribution in [-0.2, 0) is 4.79 Å². The number of nitrogens with zero attached hydrogens (tertiary/aromatic N) is 8. The fraction of sp³-hybridized carbons (Fsp3) is 0.231. The number of hydrogen-bond donors (Lipinski definition) is 1. The second kappa shape index (κ2) is 9.21. The molecule has 180 valence electrons. The van der Waals surface area contributed by atoms with Gasteiger partial charge in [0, 0.05) is 30.6 Å². The van der Waals surface area contributed by atoms with Gasteiger partial charge in [0.2, 0.25) is 5.91 Å². The van der Waals surface area contributed by atoms with Crippen LogP contribution in [0.2, 0.25) is 0 Å². The molecular formula is C26H25N9O. The summed E-state index contributed by atoms with van der Waals surface area (Å²) in [6.45, 7) is 3.51. The lowest BCUT2D eigenvalue weighted by Gasteiger charge is -2.31. The van der Waals surface area contributed by atoms with Crippen LogP contribution in [0.5, 0.6) is 0 Å². The molecular weight excluding hydrogens is 454 g/mol. The first-order chi connectivity index (χ1) is 17.6. The summed E-state index contributed by atoms with van der Waals surface area (Å²) < 4.78 is 3.22. The molecule has 1 saturated heterocycles. The first kappa shape index (κ1) is 21.9. The van der Waals surface area contributed by atoms with E-state index in [0.29, 0.717) is 11.5 Å². The van der Waals surface area contributed by atoms with Gasteiger partial charge in [-0.1, -0.05) is 48.0 Å². The van der Waals surface area contributed by atoms with Gasteiger partial charge in [-0.15, -0.1) is 14.8 Å². The zero-order valence-electron chi connectivity index (χ0n) is 19.8. The molecule has 5 aromatic rings. The van der Waals surface area contributed by atoms with Gasteiger partial charge in [-0.2, -0.15) is 5.10 Å². The Kier molecular flexibility index (Phi) is 5.61. The number of para-hydroxylation sites is 1. The van der Waals surface area contributed by atoms with Gasteiger partial charge in [-0.05, 0) is 54.5 Å². The molecule has 36 heavy (non-hydrogen) atoms. The van der Waals surface area contributed by atoms with E-state index in [-0.39, 0.29) is 11.8 Å². The highest BCUT2D eigenvalue weighted by atomic mass is 16.2. The van der Waals surface area contributed by atoms with Crippen LogP contribution in [0.15, 0.2) is 72.8 Å². The van der Waals surface area contributed by atoms with Crippen LogP contribution < -0.4 is 10.2 Å². The van der Waals surface area contributed by atoms with Crippen molar-refractivity contribution in [2.75, 3.05) is 23.3 Å². The molecule has 1 fully saturated rings. The predicted octanol–water partition coefficient (Wildman–Crippen LogP) is 3.54. The van der Waals surface area contributed by atoms with Gasteiger partial charge >= 0.3 is 0 Å². The normalized spacial score (nSPS) is 14.3. The standard InChI is InChI=1S/C26H25N9O/c1-18-7-9-19(10-8-18)22-17-25(34(29-22)21-5-3-2-4-6-21)27-26(36)20-13-15-33(16-14-20)24-12-11-23-28-31-32-35(23)30-24/h2-12,17,20H,13-16H2,1H3,(H,27,36). The zero-order valence-corrected chi connectivity index (χ0v) is 19.8. The van der Waals surface area contributed by atoms with Crippen LogP contribution in [0.4, 0.5) is 11.6 Å². The molecule has 4 heterocycles. The van der Waals surface area contributed by atoms with Crippen molar-refractivity contribution in [2.45, 2.75) is 19.8 Å². The number of nitrogens with one attached hydrogen (secondary N) is 1. The largest absolute Gasteiger partial charge is 0.355 e. The molecule has 10 nitrogen and oxygen atoms in total. The molecule has 6 rings (SSSR count). The van der Waals surface area contributed by atoms with Crippen molar-refractivity contribution in [2.24, 2.45) is 5.92 Å². The first-order valence-corrected chi connectivity index (χ1v) is 12.0. The van der Waals surface area contributed by atoms with Crippen LogP contribution in [0.1, 0.15) is 18.4 Å². The quantitative estimate of drug-likeness (QED) is 0.411. The Hall–Kier alpha value is -4.60. The molecule has 0 unspecified atom stereocenters. The van der Waals surface area contributed by atoms with E-state index in [1.807, 2.05) is 48.5 Å². The topological polar surface area (TPSA) is 106 Å². The van der Waals surface area contributed by atoms with E-state index in [1.165, 1.54) is 10.2 Å². The van der Waals surface area contributed by atoms with E-state index < -0.39 is 0 Å². The third-order valence-electron chi connectivity index (χ3n) is 6.55. The Morgan fingerprint density at radius 2 is 1.72 bits per heavy atom.